The van der Waals surface area contributed by atoms with Gasteiger partial charge in [0.1, 0.15) is 6.04 Å². The molecule has 0 bridgehead atoms. The van der Waals surface area contributed by atoms with Crippen molar-refractivity contribution in [2.45, 2.75) is 25.3 Å². The number of rotatable bonds is 7. The summed E-state index contributed by atoms with van der Waals surface area (Å²) in [6.07, 6.45) is 3.71. The van der Waals surface area contributed by atoms with Crippen molar-refractivity contribution < 1.29 is 9.59 Å². The van der Waals surface area contributed by atoms with Crippen molar-refractivity contribution in [1.29, 1.82) is 5.26 Å². The van der Waals surface area contributed by atoms with Crippen molar-refractivity contribution in [2.75, 3.05) is 0 Å². The van der Waals surface area contributed by atoms with Crippen LogP contribution in [0.2, 0.25) is 0 Å². The Hall–Kier alpha value is -2.61. The predicted molar refractivity (Wildman–Crippen MR) is 75.7 cm³/mol. The van der Waals surface area contributed by atoms with Gasteiger partial charge >= 0.3 is 0 Å². The van der Waals surface area contributed by atoms with Gasteiger partial charge in [-0.15, -0.1) is 6.58 Å². The number of carbonyl (C=O) groups excluding carboxylic acids is 2. The first-order valence-corrected chi connectivity index (χ1v) is 6.29. The molecule has 1 rings (SSSR count). The molecular weight excluding hydrogens is 254 g/mol. The molecule has 1 atom stereocenters. The molecule has 3 N–H and O–H groups in total. The van der Waals surface area contributed by atoms with Crippen LogP contribution in [0.15, 0.2) is 36.9 Å². The summed E-state index contributed by atoms with van der Waals surface area (Å²) < 4.78 is 0. The number of hydrogen-bond acceptors (Lipinski definition) is 3. The summed E-state index contributed by atoms with van der Waals surface area (Å²) in [5.41, 5.74) is 6.13. The molecule has 20 heavy (non-hydrogen) atoms. The molecule has 0 saturated carbocycles. The van der Waals surface area contributed by atoms with Crippen LogP contribution < -0.4 is 11.1 Å². The van der Waals surface area contributed by atoms with Crippen molar-refractivity contribution in [3.05, 3.63) is 48.0 Å². The fraction of sp³-hybridized carbons (Fsp3) is 0.267. The Morgan fingerprint density at radius 2 is 2.05 bits per heavy atom. The van der Waals surface area contributed by atoms with Crippen LogP contribution in [0.25, 0.3) is 0 Å². The minimum absolute atomic E-state index is 0.378. The second-order valence-electron chi connectivity index (χ2n) is 4.34. The monoisotopic (exact) mass is 271 g/mol. The van der Waals surface area contributed by atoms with E-state index >= 15 is 0 Å². The number of nitrogens with one attached hydrogen (secondary N) is 1. The Kier molecular flexibility index (Phi) is 5.98. The first-order chi connectivity index (χ1) is 9.58. The maximum absolute atomic E-state index is 12.0. The van der Waals surface area contributed by atoms with E-state index in [2.05, 4.69) is 11.9 Å². The lowest BCUT2D eigenvalue weighted by molar-refractivity contribution is -0.120. The third-order valence-electron chi connectivity index (χ3n) is 2.83. The lowest BCUT2D eigenvalue weighted by Gasteiger charge is -2.15. The predicted octanol–water partition coefficient (Wildman–Crippen LogP) is 1.50. The van der Waals surface area contributed by atoms with Crippen LogP contribution in [0.3, 0.4) is 0 Å². The maximum Gasteiger partial charge on any atom is 0.251 e. The Morgan fingerprint density at radius 3 is 2.55 bits per heavy atom. The first-order valence-electron chi connectivity index (χ1n) is 6.29. The summed E-state index contributed by atoms with van der Waals surface area (Å²) in [5.74, 6) is -0.937. The average Bonchev–Trinajstić information content (AvgIpc) is 2.46. The quantitative estimate of drug-likeness (QED) is 0.581. The van der Waals surface area contributed by atoms with E-state index < -0.39 is 11.9 Å². The molecule has 0 aromatic heterocycles. The highest BCUT2D eigenvalue weighted by molar-refractivity contribution is 5.97. The summed E-state index contributed by atoms with van der Waals surface area (Å²) in [5, 5.41) is 11.3. The highest BCUT2D eigenvalue weighted by Gasteiger charge is 2.18. The molecule has 0 unspecified atom stereocenters. The summed E-state index contributed by atoms with van der Waals surface area (Å²) >= 11 is 0. The number of nitriles is 1. The number of hydrogen-bond donors (Lipinski definition) is 2. The maximum atomic E-state index is 12.0. The summed E-state index contributed by atoms with van der Waals surface area (Å²) in [7, 11) is 0. The zero-order chi connectivity index (χ0) is 15.0. The van der Waals surface area contributed by atoms with Gasteiger partial charge < -0.3 is 11.1 Å². The fourth-order valence-electron chi connectivity index (χ4n) is 1.69. The Bertz CT molecular complexity index is 529. The van der Waals surface area contributed by atoms with Gasteiger partial charge in [0.2, 0.25) is 5.91 Å². The number of carbonyl (C=O) groups is 2. The van der Waals surface area contributed by atoms with Gasteiger partial charge in [-0.1, -0.05) is 6.08 Å². The summed E-state index contributed by atoms with van der Waals surface area (Å²) in [6.45, 7) is 3.60. The van der Waals surface area contributed by atoms with Crippen LogP contribution in [0.4, 0.5) is 0 Å². The fourth-order valence-corrected chi connectivity index (χ4v) is 1.69. The van der Waals surface area contributed by atoms with Crippen LogP contribution >= 0.6 is 0 Å². The van der Waals surface area contributed by atoms with Crippen LogP contribution in [-0.2, 0) is 4.79 Å². The summed E-state index contributed by atoms with van der Waals surface area (Å²) in [6, 6.07) is 7.44. The van der Waals surface area contributed by atoms with Crippen LogP contribution in [0.1, 0.15) is 35.2 Å². The molecular formula is C15H17N3O2. The molecule has 1 aromatic rings. The molecule has 1 aromatic carbocycles. The van der Waals surface area contributed by atoms with Gasteiger partial charge in [0.25, 0.3) is 5.91 Å². The largest absolute Gasteiger partial charge is 0.368 e. The number of nitrogens with two attached hydrogens (primary N) is 1. The van der Waals surface area contributed by atoms with E-state index in [0.717, 1.165) is 12.8 Å². The van der Waals surface area contributed by atoms with E-state index in [1.807, 2.05) is 6.07 Å². The smallest absolute Gasteiger partial charge is 0.251 e. The van der Waals surface area contributed by atoms with Crippen molar-refractivity contribution in [3.8, 4) is 6.07 Å². The minimum atomic E-state index is -0.696. The molecule has 0 radical (unpaired) electrons. The Balaban J connectivity index is 2.67. The SMILES string of the molecule is C=CCCC[C@@H](NC(=O)c1ccc(C#N)cc1)C(N)=O. The van der Waals surface area contributed by atoms with E-state index in [1.54, 1.807) is 18.2 Å². The number of primary amides is 1. The normalized spacial score (nSPS) is 11.2. The second kappa shape index (κ2) is 7.74. The molecule has 5 heteroatoms. The number of allylic oxidation sites excluding steroid dienone is 1. The van der Waals surface area contributed by atoms with Crippen LogP contribution in [-0.4, -0.2) is 17.9 Å². The highest BCUT2D eigenvalue weighted by Crippen LogP contribution is 2.06. The molecule has 0 aliphatic carbocycles. The topological polar surface area (TPSA) is 96.0 Å². The lowest BCUT2D eigenvalue weighted by atomic mass is 10.1. The van der Waals surface area contributed by atoms with E-state index in [4.69, 9.17) is 11.0 Å². The van der Waals surface area contributed by atoms with E-state index in [1.165, 1.54) is 12.1 Å². The number of nitrogens with zero attached hydrogens (tertiary/aromatic N) is 1. The summed E-state index contributed by atoms with van der Waals surface area (Å²) in [4.78, 5) is 23.3. The van der Waals surface area contributed by atoms with E-state index in [-0.39, 0.29) is 5.91 Å². The number of benzene rings is 1. The molecule has 0 fully saturated rings. The van der Waals surface area contributed by atoms with Crippen LogP contribution in [0, 0.1) is 11.3 Å². The second-order valence-corrected chi connectivity index (χ2v) is 4.34. The number of amides is 2. The minimum Gasteiger partial charge on any atom is -0.368 e. The lowest BCUT2D eigenvalue weighted by Crippen LogP contribution is -2.44. The van der Waals surface area contributed by atoms with Gasteiger partial charge in [-0.3, -0.25) is 9.59 Å². The Labute approximate surface area is 118 Å². The van der Waals surface area contributed by atoms with Gasteiger partial charge in [-0.25, -0.2) is 0 Å². The molecule has 104 valence electrons. The number of unbranched alkanes of at least 4 members (excludes halogenated alkanes) is 1. The highest BCUT2D eigenvalue weighted by atomic mass is 16.2. The Morgan fingerprint density at radius 1 is 1.40 bits per heavy atom. The van der Waals surface area contributed by atoms with Crippen molar-refractivity contribution in [2.24, 2.45) is 5.73 Å². The standard InChI is InChI=1S/C15H17N3O2/c1-2-3-4-5-13(14(17)19)18-15(20)12-8-6-11(10-16)7-9-12/h2,6-9,13H,1,3-5H2,(H2,17,19)(H,18,20)/t13-/m1/s1. The van der Waals surface area contributed by atoms with Gasteiger partial charge in [0, 0.05) is 5.56 Å². The van der Waals surface area contributed by atoms with Crippen molar-refractivity contribution in [3.63, 3.8) is 0 Å². The van der Waals surface area contributed by atoms with E-state index in [9.17, 15) is 9.59 Å². The molecule has 5 nitrogen and oxygen atoms in total. The molecule has 0 saturated heterocycles. The molecule has 0 aliphatic rings. The van der Waals surface area contributed by atoms with Crippen molar-refractivity contribution in [1.82, 2.24) is 5.32 Å². The van der Waals surface area contributed by atoms with Crippen molar-refractivity contribution >= 4 is 11.8 Å². The van der Waals surface area contributed by atoms with Gasteiger partial charge in [-0.2, -0.15) is 5.26 Å². The average molecular weight is 271 g/mol. The molecule has 0 heterocycles. The third kappa shape index (κ3) is 4.58. The zero-order valence-electron chi connectivity index (χ0n) is 11.1. The third-order valence-corrected chi connectivity index (χ3v) is 2.83. The zero-order valence-corrected chi connectivity index (χ0v) is 11.1. The van der Waals surface area contributed by atoms with Gasteiger partial charge in [-0.05, 0) is 43.5 Å². The first kappa shape index (κ1) is 15.4. The molecule has 2 amide bonds. The van der Waals surface area contributed by atoms with E-state index in [0.29, 0.717) is 17.5 Å². The molecule has 0 spiro atoms. The van der Waals surface area contributed by atoms with Gasteiger partial charge in [0.05, 0.1) is 11.6 Å². The van der Waals surface area contributed by atoms with Gasteiger partial charge in [0.15, 0.2) is 0 Å². The van der Waals surface area contributed by atoms with Crippen LogP contribution in [0.5, 0.6) is 0 Å². The molecule has 0 aliphatic heterocycles.